The third-order valence-electron chi connectivity index (χ3n) is 1.55. The van der Waals surface area contributed by atoms with Crippen molar-refractivity contribution in [2.45, 2.75) is 19.3 Å². The Morgan fingerprint density at radius 2 is 2.56 bits per heavy atom. The predicted octanol–water partition coefficient (Wildman–Crippen LogP) is 1.43. The molecule has 0 saturated carbocycles. The highest BCUT2D eigenvalue weighted by Gasteiger charge is 2.11. The van der Waals surface area contributed by atoms with Gasteiger partial charge in [0.1, 0.15) is 0 Å². The molecule has 1 rings (SSSR count). The molecule has 1 aliphatic rings. The summed E-state index contributed by atoms with van der Waals surface area (Å²) in [6, 6.07) is 0. The minimum atomic E-state index is -0.688. The molecule has 0 aliphatic heterocycles. The first-order valence-electron chi connectivity index (χ1n) is 3.17. The van der Waals surface area contributed by atoms with E-state index < -0.39 is 5.97 Å². The number of hydrogen-bond donors (Lipinski definition) is 1. The molecule has 0 amide bonds. The van der Waals surface area contributed by atoms with Crippen molar-refractivity contribution >= 4 is 5.97 Å². The monoisotopic (exact) mass is 126 g/mol. The van der Waals surface area contributed by atoms with Crippen molar-refractivity contribution in [1.82, 2.24) is 0 Å². The molecule has 2 heteroatoms. The minimum Gasteiger partial charge on any atom is -0.481 e. The Kier molecular flexibility index (Phi) is 1.88. The largest absolute Gasteiger partial charge is 0.481 e. The van der Waals surface area contributed by atoms with Crippen LogP contribution >= 0.6 is 0 Å². The van der Waals surface area contributed by atoms with E-state index in [0.29, 0.717) is 12.3 Å². The Hall–Kier alpha value is -0.790. The van der Waals surface area contributed by atoms with E-state index in [1.54, 1.807) is 0 Å². The van der Waals surface area contributed by atoms with Crippen LogP contribution in [0.1, 0.15) is 19.3 Å². The lowest BCUT2D eigenvalue weighted by molar-refractivity contribution is -0.137. The standard InChI is InChI=1S/C7H10O2/c8-7(9)5-6-3-1-2-4-6/h1,3,6H,2,4-5H2,(H,8,9)/t6-/m0/s1. The zero-order valence-corrected chi connectivity index (χ0v) is 5.21. The lowest BCUT2D eigenvalue weighted by Gasteiger charge is -1.99. The van der Waals surface area contributed by atoms with Gasteiger partial charge in [-0.05, 0) is 18.8 Å². The van der Waals surface area contributed by atoms with Crippen LogP contribution in [0.5, 0.6) is 0 Å². The van der Waals surface area contributed by atoms with Crippen molar-refractivity contribution < 1.29 is 9.90 Å². The van der Waals surface area contributed by atoms with Crippen molar-refractivity contribution in [1.29, 1.82) is 0 Å². The summed E-state index contributed by atoms with van der Waals surface area (Å²) in [5.74, 6) is -0.381. The summed E-state index contributed by atoms with van der Waals surface area (Å²) in [4.78, 5) is 10.1. The molecule has 1 N–H and O–H groups in total. The van der Waals surface area contributed by atoms with Gasteiger partial charge in [-0.1, -0.05) is 12.2 Å². The van der Waals surface area contributed by atoms with Crippen molar-refractivity contribution in [3.8, 4) is 0 Å². The van der Waals surface area contributed by atoms with E-state index in [0.717, 1.165) is 12.8 Å². The van der Waals surface area contributed by atoms with Gasteiger partial charge in [0.15, 0.2) is 0 Å². The summed E-state index contributed by atoms with van der Waals surface area (Å²) in [6.07, 6.45) is 6.42. The number of rotatable bonds is 2. The highest BCUT2D eigenvalue weighted by Crippen LogP contribution is 2.19. The number of aliphatic carboxylic acids is 1. The van der Waals surface area contributed by atoms with E-state index in [4.69, 9.17) is 5.11 Å². The smallest absolute Gasteiger partial charge is 0.303 e. The number of carboxylic acid groups (broad SMARTS) is 1. The zero-order chi connectivity index (χ0) is 6.69. The van der Waals surface area contributed by atoms with Gasteiger partial charge in [-0.15, -0.1) is 0 Å². The van der Waals surface area contributed by atoms with Crippen LogP contribution in [0.4, 0.5) is 0 Å². The molecular weight excluding hydrogens is 116 g/mol. The van der Waals surface area contributed by atoms with Crippen LogP contribution in [0.3, 0.4) is 0 Å². The van der Waals surface area contributed by atoms with Crippen molar-refractivity contribution in [3.05, 3.63) is 12.2 Å². The Balaban J connectivity index is 2.28. The van der Waals surface area contributed by atoms with Gasteiger partial charge in [0.25, 0.3) is 0 Å². The zero-order valence-electron chi connectivity index (χ0n) is 5.21. The number of allylic oxidation sites excluding steroid dienone is 2. The molecular formula is C7H10O2. The Bertz CT molecular complexity index is 138. The molecule has 0 radical (unpaired) electrons. The second-order valence-corrected chi connectivity index (χ2v) is 2.36. The average Bonchev–Trinajstić information content (AvgIpc) is 2.15. The molecule has 0 spiro atoms. The SMILES string of the molecule is O=C(O)C[C@H]1C=CCC1. The van der Waals surface area contributed by atoms with Gasteiger partial charge in [-0.2, -0.15) is 0 Å². The van der Waals surface area contributed by atoms with Gasteiger partial charge in [-0.3, -0.25) is 4.79 Å². The summed E-state index contributed by atoms with van der Waals surface area (Å²) in [6.45, 7) is 0. The van der Waals surface area contributed by atoms with Crippen LogP contribution in [0, 0.1) is 5.92 Å². The highest BCUT2D eigenvalue weighted by molar-refractivity contribution is 5.67. The summed E-state index contributed by atoms with van der Waals surface area (Å²) >= 11 is 0. The summed E-state index contributed by atoms with van der Waals surface area (Å²) in [5.41, 5.74) is 0. The normalized spacial score (nSPS) is 24.7. The Morgan fingerprint density at radius 1 is 1.78 bits per heavy atom. The Morgan fingerprint density at radius 3 is 3.00 bits per heavy atom. The molecule has 0 fully saturated rings. The van der Waals surface area contributed by atoms with Gasteiger partial charge in [-0.25, -0.2) is 0 Å². The third kappa shape index (κ3) is 1.88. The first-order chi connectivity index (χ1) is 4.29. The van der Waals surface area contributed by atoms with Crippen LogP contribution < -0.4 is 0 Å². The summed E-state index contributed by atoms with van der Waals surface area (Å²) < 4.78 is 0. The summed E-state index contributed by atoms with van der Waals surface area (Å²) in [5, 5.41) is 8.34. The maximum Gasteiger partial charge on any atom is 0.303 e. The number of carbonyl (C=O) groups is 1. The van der Waals surface area contributed by atoms with Gasteiger partial charge in [0.05, 0.1) is 6.42 Å². The van der Waals surface area contributed by atoms with Gasteiger partial charge in [0.2, 0.25) is 0 Å². The molecule has 0 bridgehead atoms. The van der Waals surface area contributed by atoms with Gasteiger partial charge in [0, 0.05) is 0 Å². The molecule has 1 atom stereocenters. The van der Waals surface area contributed by atoms with E-state index in [9.17, 15) is 4.79 Å². The highest BCUT2D eigenvalue weighted by atomic mass is 16.4. The summed E-state index contributed by atoms with van der Waals surface area (Å²) in [7, 11) is 0. The molecule has 0 aromatic heterocycles. The molecule has 0 heterocycles. The maximum atomic E-state index is 10.1. The number of carboxylic acids is 1. The lowest BCUT2D eigenvalue weighted by Crippen LogP contribution is -2.01. The number of hydrogen-bond acceptors (Lipinski definition) is 1. The van der Waals surface area contributed by atoms with Crippen molar-refractivity contribution in [2.24, 2.45) is 5.92 Å². The molecule has 50 valence electrons. The fourth-order valence-corrected chi connectivity index (χ4v) is 1.09. The minimum absolute atomic E-state index is 0.302. The molecule has 0 saturated heterocycles. The second kappa shape index (κ2) is 2.67. The topological polar surface area (TPSA) is 37.3 Å². The fourth-order valence-electron chi connectivity index (χ4n) is 1.09. The van der Waals surface area contributed by atoms with E-state index in [-0.39, 0.29) is 0 Å². The first-order valence-corrected chi connectivity index (χ1v) is 3.17. The van der Waals surface area contributed by atoms with Crippen LogP contribution in [0.15, 0.2) is 12.2 Å². The molecule has 0 aromatic rings. The van der Waals surface area contributed by atoms with Crippen LogP contribution in [-0.2, 0) is 4.79 Å². The van der Waals surface area contributed by atoms with Gasteiger partial charge >= 0.3 is 5.97 Å². The van der Waals surface area contributed by atoms with Crippen LogP contribution in [0.25, 0.3) is 0 Å². The molecule has 1 aliphatic carbocycles. The molecule has 0 unspecified atom stereocenters. The predicted molar refractivity (Wildman–Crippen MR) is 34.1 cm³/mol. The van der Waals surface area contributed by atoms with E-state index in [2.05, 4.69) is 0 Å². The van der Waals surface area contributed by atoms with Crippen molar-refractivity contribution in [3.63, 3.8) is 0 Å². The van der Waals surface area contributed by atoms with E-state index in [1.165, 1.54) is 0 Å². The Labute approximate surface area is 54.2 Å². The van der Waals surface area contributed by atoms with E-state index >= 15 is 0 Å². The maximum absolute atomic E-state index is 10.1. The first kappa shape index (κ1) is 6.33. The van der Waals surface area contributed by atoms with Crippen LogP contribution in [-0.4, -0.2) is 11.1 Å². The average molecular weight is 126 g/mol. The molecule has 2 nitrogen and oxygen atoms in total. The van der Waals surface area contributed by atoms with E-state index in [1.807, 2.05) is 12.2 Å². The second-order valence-electron chi connectivity index (χ2n) is 2.36. The third-order valence-corrected chi connectivity index (χ3v) is 1.55. The fraction of sp³-hybridized carbons (Fsp3) is 0.571. The quantitative estimate of drug-likeness (QED) is 0.568. The van der Waals surface area contributed by atoms with Gasteiger partial charge < -0.3 is 5.11 Å². The molecule has 9 heavy (non-hydrogen) atoms. The van der Waals surface area contributed by atoms with Crippen molar-refractivity contribution in [2.75, 3.05) is 0 Å². The van der Waals surface area contributed by atoms with Crippen LogP contribution in [0.2, 0.25) is 0 Å². The lowest BCUT2D eigenvalue weighted by atomic mass is 10.1. The molecule has 0 aromatic carbocycles.